The van der Waals surface area contributed by atoms with Gasteiger partial charge < -0.3 is 15.3 Å². The van der Waals surface area contributed by atoms with E-state index in [-0.39, 0.29) is 5.91 Å². The van der Waals surface area contributed by atoms with Crippen LogP contribution in [-0.4, -0.2) is 11.2 Å². The zero-order valence-electron chi connectivity index (χ0n) is 14.9. The molecule has 5 nitrogen and oxygen atoms in total. The van der Waals surface area contributed by atoms with E-state index in [1.807, 2.05) is 42.5 Å². The van der Waals surface area contributed by atoms with Crippen LogP contribution in [0.25, 0.3) is 0 Å². The molecule has 0 aliphatic carbocycles. The maximum Gasteiger partial charge on any atom is 0.252 e. The predicted octanol–water partition coefficient (Wildman–Crippen LogP) is 4.02. The van der Waals surface area contributed by atoms with Crippen molar-refractivity contribution in [3.63, 3.8) is 0 Å². The fraction of sp³-hybridized carbons (Fsp3) is 0.143. The summed E-state index contributed by atoms with van der Waals surface area (Å²) < 4.78 is 6.49. The number of anilines is 1. The third-order valence-electron chi connectivity index (χ3n) is 3.83. The third kappa shape index (κ3) is 5.49. The average Bonchev–Trinajstić information content (AvgIpc) is 2.70. The Kier molecular flexibility index (Phi) is 6.33. The number of hydrogen-bond donors (Lipinski definition) is 1. The SMILES string of the molecule is C[C@@H](Sc1cccc[n+]1[O-])C(=O)Nc1ccc(OCc2ccccc2)cc1. The Morgan fingerprint density at radius 3 is 2.48 bits per heavy atom. The van der Waals surface area contributed by atoms with Crippen LogP contribution in [0.1, 0.15) is 12.5 Å². The fourth-order valence-corrected chi connectivity index (χ4v) is 3.21. The second-order valence-electron chi connectivity index (χ2n) is 5.91. The Morgan fingerprint density at radius 1 is 1.07 bits per heavy atom. The van der Waals surface area contributed by atoms with Gasteiger partial charge in [-0.2, -0.15) is 4.73 Å². The number of carbonyl (C=O) groups is 1. The number of carbonyl (C=O) groups excluding carboxylic acids is 1. The van der Waals surface area contributed by atoms with Gasteiger partial charge in [0.15, 0.2) is 6.20 Å². The van der Waals surface area contributed by atoms with E-state index >= 15 is 0 Å². The van der Waals surface area contributed by atoms with Gasteiger partial charge in [0.05, 0.1) is 5.25 Å². The summed E-state index contributed by atoms with van der Waals surface area (Å²) in [5.74, 6) is 0.567. The van der Waals surface area contributed by atoms with E-state index in [0.717, 1.165) is 16.0 Å². The van der Waals surface area contributed by atoms with Crippen molar-refractivity contribution in [3.05, 3.63) is 89.8 Å². The quantitative estimate of drug-likeness (QED) is 0.382. The zero-order valence-corrected chi connectivity index (χ0v) is 15.7. The Balaban J connectivity index is 1.52. The number of ether oxygens (including phenoxy) is 1. The van der Waals surface area contributed by atoms with Crippen molar-refractivity contribution in [1.82, 2.24) is 0 Å². The van der Waals surface area contributed by atoms with E-state index in [0.29, 0.717) is 17.3 Å². The Bertz CT molecular complexity index is 885. The number of hydrogen-bond acceptors (Lipinski definition) is 4. The molecule has 138 valence electrons. The fourth-order valence-electron chi connectivity index (χ4n) is 2.36. The van der Waals surface area contributed by atoms with Crippen LogP contribution in [0.15, 0.2) is 84.0 Å². The summed E-state index contributed by atoms with van der Waals surface area (Å²) in [7, 11) is 0. The van der Waals surface area contributed by atoms with Crippen molar-refractivity contribution in [1.29, 1.82) is 0 Å². The normalized spacial score (nSPS) is 11.6. The molecule has 1 amide bonds. The van der Waals surface area contributed by atoms with Gasteiger partial charge in [0, 0.05) is 17.8 Å². The van der Waals surface area contributed by atoms with E-state index in [1.165, 1.54) is 18.0 Å². The molecule has 0 spiro atoms. The molecule has 0 fully saturated rings. The number of benzene rings is 2. The molecule has 2 aromatic carbocycles. The first-order chi connectivity index (χ1) is 13.1. The van der Waals surface area contributed by atoms with E-state index in [1.54, 1.807) is 37.3 Å². The van der Waals surface area contributed by atoms with Gasteiger partial charge in [-0.1, -0.05) is 30.3 Å². The summed E-state index contributed by atoms with van der Waals surface area (Å²) in [5.41, 5.74) is 1.78. The molecule has 0 aliphatic rings. The highest BCUT2D eigenvalue weighted by Crippen LogP contribution is 2.22. The number of rotatable bonds is 7. The highest BCUT2D eigenvalue weighted by atomic mass is 32.2. The van der Waals surface area contributed by atoms with E-state index in [2.05, 4.69) is 5.32 Å². The van der Waals surface area contributed by atoms with Gasteiger partial charge in [-0.25, -0.2) is 0 Å². The largest absolute Gasteiger partial charge is 0.618 e. The van der Waals surface area contributed by atoms with Crippen LogP contribution in [0.5, 0.6) is 5.75 Å². The van der Waals surface area contributed by atoms with Crippen molar-refractivity contribution in [3.8, 4) is 5.75 Å². The van der Waals surface area contributed by atoms with Gasteiger partial charge in [0.25, 0.3) is 5.03 Å². The Labute approximate surface area is 162 Å². The van der Waals surface area contributed by atoms with Crippen LogP contribution in [0, 0.1) is 5.21 Å². The molecule has 0 unspecified atom stereocenters. The van der Waals surface area contributed by atoms with E-state index in [9.17, 15) is 10.0 Å². The van der Waals surface area contributed by atoms with E-state index < -0.39 is 5.25 Å². The van der Waals surface area contributed by atoms with Crippen molar-refractivity contribution in [2.45, 2.75) is 23.8 Å². The zero-order chi connectivity index (χ0) is 19.1. The summed E-state index contributed by atoms with van der Waals surface area (Å²) in [6.07, 6.45) is 1.42. The number of pyridine rings is 1. The summed E-state index contributed by atoms with van der Waals surface area (Å²) in [6.45, 7) is 2.26. The lowest BCUT2D eigenvalue weighted by Crippen LogP contribution is -2.30. The summed E-state index contributed by atoms with van der Waals surface area (Å²) >= 11 is 1.22. The smallest absolute Gasteiger partial charge is 0.252 e. The molecule has 0 saturated carbocycles. The van der Waals surface area contributed by atoms with Gasteiger partial charge in [0.1, 0.15) is 12.4 Å². The summed E-state index contributed by atoms with van der Waals surface area (Å²) in [4.78, 5) is 12.3. The molecular weight excluding hydrogens is 360 g/mol. The molecule has 0 aliphatic heterocycles. The van der Waals surface area contributed by atoms with Crippen molar-refractivity contribution in [2.75, 3.05) is 5.32 Å². The molecule has 1 aromatic heterocycles. The molecule has 3 aromatic rings. The van der Waals surface area contributed by atoms with Crippen LogP contribution in [0.3, 0.4) is 0 Å². The molecule has 3 rings (SSSR count). The van der Waals surface area contributed by atoms with Gasteiger partial charge in [-0.05, 0) is 54.6 Å². The highest BCUT2D eigenvalue weighted by molar-refractivity contribution is 8.00. The maximum absolute atomic E-state index is 12.3. The Morgan fingerprint density at radius 2 is 1.78 bits per heavy atom. The number of amides is 1. The van der Waals surface area contributed by atoms with Crippen LogP contribution in [0.4, 0.5) is 5.69 Å². The minimum absolute atomic E-state index is 0.165. The van der Waals surface area contributed by atoms with Gasteiger partial charge in [-0.3, -0.25) is 4.79 Å². The number of nitrogens with zero attached hydrogens (tertiary/aromatic N) is 1. The van der Waals surface area contributed by atoms with Crippen molar-refractivity contribution in [2.24, 2.45) is 0 Å². The molecule has 0 saturated heterocycles. The van der Waals surface area contributed by atoms with Gasteiger partial charge in [0.2, 0.25) is 5.91 Å². The molecule has 6 heteroatoms. The highest BCUT2D eigenvalue weighted by Gasteiger charge is 2.18. The molecule has 27 heavy (non-hydrogen) atoms. The van der Waals surface area contributed by atoms with Crippen LogP contribution in [-0.2, 0) is 11.4 Å². The molecular formula is C21H20N2O3S. The summed E-state index contributed by atoms with van der Waals surface area (Å²) in [5, 5.41) is 14.6. The lowest BCUT2D eigenvalue weighted by molar-refractivity contribution is -0.645. The Hall–Kier alpha value is -2.99. The maximum atomic E-state index is 12.3. The molecule has 0 radical (unpaired) electrons. The van der Waals surface area contributed by atoms with Crippen molar-refractivity contribution < 1.29 is 14.3 Å². The predicted molar refractivity (Wildman–Crippen MR) is 107 cm³/mol. The van der Waals surface area contributed by atoms with Crippen molar-refractivity contribution >= 4 is 23.4 Å². The van der Waals surface area contributed by atoms with Crippen LogP contribution < -0.4 is 14.8 Å². The lowest BCUT2D eigenvalue weighted by atomic mass is 10.2. The first-order valence-electron chi connectivity index (χ1n) is 8.54. The van der Waals surface area contributed by atoms with Gasteiger partial charge >= 0.3 is 0 Å². The molecule has 1 N–H and O–H groups in total. The monoisotopic (exact) mass is 380 g/mol. The lowest BCUT2D eigenvalue weighted by Gasteiger charge is -2.12. The second kappa shape index (κ2) is 9.09. The van der Waals surface area contributed by atoms with Crippen LogP contribution >= 0.6 is 11.8 Å². The number of thioether (sulfide) groups is 1. The number of nitrogens with one attached hydrogen (secondary N) is 1. The summed E-state index contributed by atoms with van der Waals surface area (Å²) in [6, 6.07) is 22.3. The van der Waals surface area contributed by atoms with E-state index in [4.69, 9.17) is 4.74 Å². The first kappa shape index (κ1) is 18.8. The standard InChI is InChI=1S/C21H20N2O3S/c1-16(27-20-9-5-6-14-23(20)25)21(24)22-18-10-12-19(13-11-18)26-15-17-7-3-2-4-8-17/h2-14,16H,15H2,1H3,(H,22,24)/t16-/m1/s1. The molecule has 1 atom stereocenters. The number of aromatic nitrogens is 1. The third-order valence-corrected chi connectivity index (χ3v) is 4.95. The minimum atomic E-state index is -0.401. The minimum Gasteiger partial charge on any atom is -0.618 e. The molecule has 1 heterocycles. The second-order valence-corrected chi connectivity index (χ2v) is 7.27. The van der Waals surface area contributed by atoms with Gasteiger partial charge in [-0.15, -0.1) is 0 Å². The average molecular weight is 380 g/mol. The topological polar surface area (TPSA) is 65.3 Å². The molecule has 0 bridgehead atoms. The first-order valence-corrected chi connectivity index (χ1v) is 9.42. The van der Waals surface area contributed by atoms with Crippen LogP contribution in [0.2, 0.25) is 0 Å².